The number of aromatic nitrogens is 3. The van der Waals surface area contributed by atoms with Crippen molar-refractivity contribution in [3.8, 4) is 17.8 Å². The Morgan fingerprint density at radius 1 is 0.906 bits per heavy atom. The van der Waals surface area contributed by atoms with Gasteiger partial charge in [-0.1, -0.05) is 34.1 Å². The van der Waals surface area contributed by atoms with Crippen LogP contribution in [0.4, 0.5) is 24.8 Å². The molecular weight excluding hydrogens is 489 g/mol. The number of nitrogens with zero attached hydrogens (tertiary/aromatic N) is 3. The molecule has 164 valence electrons. The Morgan fingerprint density at radius 3 is 2.44 bits per heavy atom. The molecule has 3 aromatic carbocycles. The molecular formula is C22H16BrF3N4O2. The Kier molecular flexibility index (Phi) is 6.13. The normalized spacial score (nSPS) is 11.4. The van der Waals surface area contributed by atoms with Gasteiger partial charge in [-0.25, -0.2) is 0 Å². The SMILES string of the molecule is CCOc1nc(Nc2cccc(C(F)(F)F)c2)nc(Oc2ccc3cc(Br)ccc3c2)n1. The van der Waals surface area contributed by atoms with E-state index in [0.717, 1.165) is 27.4 Å². The lowest BCUT2D eigenvalue weighted by Crippen LogP contribution is -2.07. The number of hydrogen-bond donors (Lipinski definition) is 1. The summed E-state index contributed by atoms with van der Waals surface area (Å²) in [5, 5.41) is 4.72. The Balaban J connectivity index is 1.63. The molecule has 0 unspecified atom stereocenters. The summed E-state index contributed by atoms with van der Waals surface area (Å²) >= 11 is 3.44. The first kappa shape index (κ1) is 21.8. The summed E-state index contributed by atoms with van der Waals surface area (Å²) in [4.78, 5) is 12.4. The molecule has 0 fully saturated rings. The molecule has 4 rings (SSSR count). The number of fused-ring (bicyclic) bond motifs is 1. The molecule has 0 aliphatic rings. The number of rotatable bonds is 6. The molecule has 1 aromatic heterocycles. The van der Waals surface area contributed by atoms with Crippen LogP contribution < -0.4 is 14.8 Å². The first-order valence-corrected chi connectivity index (χ1v) is 10.3. The molecule has 0 atom stereocenters. The van der Waals surface area contributed by atoms with E-state index >= 15 is 0 Å². The summed E-state index contributed by atoms with van der Waals surface area (Å²) in [6.45, 7) is 2.04. The van der Waals surface area contributed by atoms with Crippen molar-refractivity contribution >= 4 is 38.3 Å². The minimum Gasteiger partial charge on any atom is -0.464 e. The number of nitrogens with one attached hydrogen (secondary N) is 1. The van der Waals surface area contributed by atoms with Gasteiger partial charge in [-0.15, -0.1) is 4.98 Å². The molecule has 0 amide bonds. The second-order valence-electron chi connectivity index (χ2n) is 6.62. The average Bonchev–Trinajstić information content (AvgIpc) is 2.73. The van der Waals surface area contributed by atoms with Crippen molar-refractivity contribution < 1.29 is 22.6 Å². The molecule has 1 N–H and O–H groups in total. The molecule has 0 aliphatic heterocycles. The van der Waals surface area contributed by atoms with E-state index in [4.69, 9.17) is 9.47 Å². The lowest BCUT2D eigenvalue weighted by molar-refractivity contribution is -0.137. The molecule has 6 nitrogen and oxygen atoms in total. The third-order valence-electron chi connectivity index (χ3n) is 4.30. The topological polar surface area (TPSA) is 69.2 Å². The molecule has 10 heteroatoms. The fraction of sp³-hybridized carbons (Fsp3) is 0.136. The highest BCUT2D eigenvalue weighted by Gasteiger charge is 2.30. The van der Waals surface area contributed by atoms with Gasteiger partial charge in [0.15, 0.2) is 0 Å². The molecule has 4 aromatic rings. The monoisotopic (exact) mass is 504 g/mol. The van der Waals surface area contributed by atoms with Gasteiger partial charge in [-0.05, 0) is 60.2 Å². The van der Waals surface area contributed by atoms with Crippen molar-refractivity contribution in [3.05, 3.63) is 70.7 Å². The summed E-state index contributed by atoms with van der Waals surface area (Å²) in [7, 11) is 0. The van der Waals surface area contributed by atoms with Crippen LogP contribution in [0.3, 0.4) is 0 Å². The number of hydrogen-bond acceptors (Lipinski definition) is 6. The summed E-state index contributed by atoms with van der Waals surface area (Å²) in [5.74, 6) is 0.473. The van der Waals surface area contributed by atoms with E-state index in [1.807, 2.05) is 30.3 Å². The highest BCUT2D eigenvalue weighted by molar-refractivity contribution is 9.10. The summed E-state index contributed by atoms with van der Waals surface area (Å²) in [6.07, 6.45) is -4.47. The first-order chi connectivity index (χ1) is 15.3. The Labute approximate surface area is 189 Å². The van der Waals surface area contributed by atoms with Gasteiger partial charge in [0.2, 0.25) is 5.95 Å². The van der Waals surface area contributed by atoms with E-state index in [0.29, 0.717) is 5.75 Å². The molecule has 0 bridgehead atoms. The number of ether oxygens (including phenoxy) is 2. The fourth-order valence-corrected chi connectivity index (χ4v) is 3.28. The maximum absolute atomic E-state index is 13.0. The van der Waals surface area contributed by atoms with Gasteiger partial charge >= 0.3 is 18.2 Å². The summed E-state index contributed by atoms with van der Waals surface area (Å²) in [6, 6.07) is 15.9. The van der Waals surface area contributed by atoms with E-state index in [-0.39, 0.29) is 30.3 Å². The van der Waals surface area contributed by atoms with Gasteiger partial charge in [0.25, 0.3) is 0 Å². The van der Waals surface area contributed by atoms with Crippen LogP contribution in [0, 0.1) is 0 Å². The van der Waals surface area contributed by atoms with Gasteiger partial charge in [0, 0.05) is 10.2 Å². The lowest BCUT2D eigenvalue weighted by Gasteiger charge is -2.12. The highest BCUT2D eigenvalue weighted by atomic mass is 79.9. The van der Waals surface area contributed by atoms with Gasteiger partial charge < -0.3 is 14.8 Å². The van der Waals surface area contributed by atoms with Crippen LogP contribution in [-0.2, 0) is 6.18 Å². The van der Waals surface area contributed by atoms with Gasteiger partial charge in [-0.3, -0.25) is 0 Å². The lowest BCUT2D eigenvalue weighted by atomic mass is 10.1. The maximum atomic E-state index is 13.0. The molecule has 0 aliphatic carbocycles. The zero-order chi connectivity index (χ0) is 22.7. The maximum Gasteiger partial charge on any atom is 0.416 e. The van der Waals surface area contributed by atoms with Crippen LogP contribution in [-0.4, -0.2) is 21.6 Å². The van der Waals surface area contributed by atoms with Crippen molar-refractivity contribution in [1.29, 1.82) is 0 Å². The van der Waals surface area contributed by atoms with Crippen LogP contribution in [0.15, 0.2) is 65.1 Å². The van der Waals surface area contributed by atoms with Crippen LogP contribution in [0.2, 0.25) is 0 Å². The van der Waals surface area contributed by atoms with Gasteiger partial charge in [-0.2, -0.15) is 23.1 Å². The van der Waals surface area contributed by atoms with Gasteiger partial charge in [0.05, 0.1) is 12.2 Å². The van der Waals surface area contributed by atoms with Gasteiger partial charge in [0.1, 0.15) is 5.75 Å². The quantitative estimate of drug-likeness (QED) is 0.313. The minimum atomic E-state index is -4.47. The second-order valence-corrected chi connectivity index (χ2v) is 7.53. The van der Waals surface area contributed by atoms with E-state index in [1.165, 1.54) is 12.1 Å². The number of benzene rings is 3. The molecule has 32 heavy (non-hydrogen) atoms. The van der Waals surface area contributed by atoms with E-state index < -0.39 is 11.7 Å². The van der Waals surface area contributed by atoms with Crippen LogP contribution in [0.1, 0.15) is 12.5 Å². The first-order valence-electron chi connectivity index (χ1n) is 9.50. The predicted molar refractivity (Wildman–Crippen MR) is 117 cm³/mol. The van der Waals surface area contributed by atoms with Crippen molar-refractivity contribution in [1.82, 2.24) is 15.0 Å². The zero-order valence-corrected chi connectivity index (χ0v) is 18.2. The Hall–Kier alpha value is -3.40. The number of alkyl halides is 3. The van der Waals surface area contributed by atoms with E-state index in [9.17, 15) is 13.2 Å². The molecule has 0 spiro atoms. The Bertz CT molecular complexity index is 1270. The van der Waals surface area contributed by atoms with Crippen molar-refractivity contribution in [2.75, 3.05) is 11.9 Å². The van der Waals surface area contributed by atoms with Crippen molar-refractivity contribution in [3.63, 3.8) is 0 Å². The standard InChI is InChI=1S/C22H16BrF3N4O2/c1-2-31-20-28-19(27-17-5-3-4-15(12-17)22(24,25)26)29-21(30-20)32-18-9-7-13-10-16(23)8-6-14(13)11-18/h3-12H,2H2,1H3,(H,27,28,29,30). The minimum absolute atomic E-state index is 0.0116. The summed E-state index contributed by atoms with van der Waals surface area (Å²) in [5.41, 5.74) is -0.628. The van der Waals surface area contributed by atoms with Crippen LogP contribution in [0.25, 0.3) is 10.8 Å². The second kappa shape index (κ2) is 8.99. The highest BCUT2D eigenvalue weighted by Crippen LogP contribution is 2.32. The fourth-order valence-electron chi connectivity index (χ4n) is 2.90. The third kappa shape index (κ3) is 5.25. The zero-order valence-electron chi connectivity index (χ0n) is 16.7. The Morgan fingerprint density at radius 2 is 1.66 bits per heavy atom. The van der Waals surface area contributed by atoms with Crippen molar-refractivity contribution in [2.24, 2.45) is 0 Å². The summed E-state index contributed by atoms with van der Waals surface area (Å²) < 4.78 is 51.1. The molecule has 0 saturated heterocycles. The van der Waals surface area contributed by atoms with Crippen LogP contribution in [0.5, 0.6) is 17.8 Å². The third-order valence-corrected chi connectivity index (χ3v) is 4.79. The molecule has 1 heterocycles. The molecule has 0 radical (unpaired) electrons. The number of halogens is 4. The van der Waals surface area contributed by atoms with E-state index in [2.05, 4.69) is 36.2 Å². The van der Waals surface area contributed by atoms with E-state index in [1.54, 1.807) is 13.0 Å². The largest absolute Gasteiger partial charge is 0.464 e. The average molecular weight is 505 g/mol. The van der Waals surface area contributed by atoms with Crippen molar-refractivity contribution in [2.45, 2.75) is 13.1 Å². The van der Waals surface area contributed by atoms with Crippen LogP contribution >= 0.6 is 15.9 Å². The predicted octanol–water partition coefficient (Wildman–Crippen LogP) is 6.74. The smallest absolute Gasteiger partial charge is 0.416 e. The molecule has 0 saturated carbocycles. The number of anilines is 2.